The average molecular weight is 318 g/mol. The molecule has 1 aromatic rings. The topological polar surface area (TPSA) is 76.0 Å². The fourth-order valence-electron chi connectivity index (χ4n) is 2.10. The summed E-state index contributed by atoms with van der Waals surface area (Å²) in [7, 11) is -3.44. The van der Waals surface area contributed by atoms with E-state index in [1.165, 1.54) is 6.20 Å². The van der Waals surface area contributed by atoms with Crippen LogP contribution in [0.5, 0.6) is 0 Å². The van der Waals surface area contributed by atoms with Crippen LogP contribution in [0.1, 0.15) is 19.8 Å². The molecule has 8 heteroatoms. The van der Waals surface area contributed by atoms with Gasteiger partial charge in [-0.15, -0.1) is 0 Å². The zero-order valence-corrected chi connectivity index (χ0v) is 13.3. The van der Waals surface area contributed by atoms with Gasteiger partial charge in [-0.2, -0.15) is 16.9 Å². The molecule has 6 nitrogen and oxygen atoms in total. The smallest absolute Gasteiger partial charge is 0.243 e. The molecule has 0 radical (unpaired) electrons. The quantitative estimate of drug-likeness (QED) is 0.723. The summed E-state index contributed by atoms with van der Waals surface area (Å²) in [6.07, 6.45) is 5.00. The molecule has 1 aliphatic heterocycles. The fraction of sp³-hybridized carbons (Fsp3) is 0.750. The van der Waals surface area contributed by atoms with E-state index in [0.717, 1.165) is 37.4 Å². The van der Waals surface area contributed by atoms with Gasteiger partial charge in [-0.1, -0.05) is 6.92 Å². The molecular weight excluding hydrogens is 296 g/mol. The molecule has 2 N–H and O–H groups in total. The Morgan fingerprint density at radius 2 is 2.40 bits per heavy atom. The molecule has 20 heavy (non-hydrogen) atoms. The lowest BCUT2D eigenvalue weighted by atomic mass is 10.2. The molecule has 0 bridgehead atoms. The Morgan fingerprint density at radius 1 is 1.55 bits per heavy atom. The van der Waals surface area contributed by atoms with Gasteiger partial charge in [0.2, 0.25) is 10.0 Å². The van der Waals surface area contributed by atoms with Gasteiger partial charge in [0, 0.05) is 24.5 Å². The number of hydrogen-bond acceptors (Lipinski definition) is 5. The van der Waals surface area contributed by atoms with Crippen molar-refractivity contribution >= 4 is 21.8 Å². The van der Waals surface area contributed by atoms with Crippen LogP contribution in [-0.4, -0.2) is 48.8 Å². The Bertz CT molecular complexity index is 509. The highest BCUT2D eigenvalue weighted by Crippen LogP contribution is 2.19. The van der Waals surface area contributed by atoms with Crippen LogP contribution in [0.4, 0.5) is 0 Å². The molecule has 0 saturated carbocycles. The standard InChI is InChI=1S/C12H22N4O2S2/c1-2-13-5-6-16-9-12(8-14-16)20(17,18)15-11-4-3-7-19-10-11/h8-9,11,13,15H,2-7,10H2,1H3. The minimum Gasteiger partial charge on any atom is -0.315 e. The molecule has 1 fully saturated rings. The number of thioether (sulfide) groups is 1. The number of rotatable bonds is 7. The van der Waals surface area contributed by atoms with E-state index in [0.29, 0.717) is 6.54 Å². The lowest BCUT2D eigenvalue weighted by Crippen LogP contribution is -2.38. The second kappa shape index (κ2) is 7.44. The van der Waals surface area contributed by atoms with Gasteiger partial charge in [-0.05, 0) is 25.1 Å². The first kappa shape index (κ1) is 15.8. The summed E-state index contributed by atoms with van der Waals surface area (Å²) < 4.78 is 28.9. The summed E-state index contributed by atoms with van der Waals surface area (Å²) in [6, 6.07) is 0.0452. The number of aromatic nitrogens is 2. The first-order valence-corrected chi connectivity index (χ1v) is 9.59. The average Bonchev–Trinajstić information content (AvgIpc) is 2.89. The third-order valence-electron chi connectivity index (χ3n) is 3.17. The predicted octanol–water partition coefficient (Wildman–Crippen LogP) is 0.667. The minimum atomic E-state index is -3.44. The Kier molecular flexibility index (Phi) is 5.88. The molecule has 0 aliphatic carbocycles. The SMILES string of the molecule is CCNCCn1cc(S(=O)(=O)NC2CCCSC2)cn1. The van der Waals surface area contributed by atoms with E-state index in [4.69, 9.17) is 0 Å². The van der Waals surface area contributed by atoms with Crippen molar-refractivity contribution in [2.24, 2.45) is 0 Å². The summed E-state index contributed by atoms with van der Waals surface area (Å²) in [5.41, 5.74) is 0. The van der Waals surface area contributed by atoms with Crippen LogP contribution in [0.2, 0.25) is 0 Å². The van der Waals surface area contributed by atoms with E-state index >= 15 is 0 Å². The Hall–Kier alpha value is -0.570. The number of hydrogen-bond donors (Lipinski definition) is 2. The first-order chi connectivity index (χ1) is 9.62. The minimum absolute atomic E-state index is 0.0452. The van der Waals surface area contributed by atoms with Crippen LogP contribution >= 0.6 is 11.8 Å². The second-order valence-corrected chi connectivity index (χ2v) is 7.69. The van der Waals surface area contributed by atoms with Crippen molar-refractivity contribution in [1.82, 2.24) is 19.8 Å². The molecule has 2 rings (SSSR count). The fourth-order valence-corrected chi connectivity index (χ4v) is 4.50. The number of likely N-dealkylation sites (N-methyl/N-ethyl adjacent to an activating group) is 1. The molecule has 0 spiro atoms. The highest BCUT2D eigenvalue weighted by atomic mass is 32.2. The molecule has 1 unspecified atom stereocenters. The molecule has 114 valence electrons. The normalized spacial score (nSPS) is 20.1. The number of nitrogens with one attached hydrogen (secondary N) is 2. The predicted molar refractivity (Wildman–Crippen MR) is 81.4 cm³/mol. The van der Waals surface area contributed by atoms with Gasteiger partial charge < -0.3 is 5.32 Å². The lowest BCUT2D eigenvalue weighted by Gasteiger charge is -2.21. The zero-order chi connectivity index (χ0) is 14.4. The van der Waals surface area contributed by atoms with Crippen LogP contribution in [0.25, 0.3) is 0 Å². The molecule has 1 aliphatic rings. The molecule has 1 aromatic heterocycles. The summed E-state index contributed by atoms with van der Waals surface area (Å²) in [5, 5.41) is 7.28. The van der Waals surface area contributed by atoms with Crippen molar-refractivity contribution in [3.8, 4) is 0 Å². The van der Waals surface area contributed by atoms with Crippen LogP contribution in [0.3, 0.4) is 0 Å². The van der Waals surface area contributed by atoms with Gasteiger partial charge in [-0.25, -0.2) is 13.1 Å². The summed E-state index contributed by atoms with van der Waals surface area (Å²) >= 11 is 1.80. The maximum absolute atomic E-state index is 12.3. The third kappa shape index (κ3) is 4.47. The molecular formula is C12H22N4O2S2. The first-order valence-electron chi connectivity index (χ1n) is 6.95. The Morgan fingerprint density at radius 3 is 3.10 bits per heavy atom. The van der Waals surface area contributed by atoms with Crippen LogP contribution < -0.4 is 10.0 Å². The van der Waals surface area contributed by atoms with Crippen molar-refractivity contribution in [3.63, 3.8) is 0 Å². The lowest BCUT2D eigenvalue weighted by molar-refractivity contribution is 0.542. The highest BCUT2D eigenvalue weighted by molar-refractivity contribution is 7.99. The summed E-state index contributed by atoms with van der Waals surface area (Å²) in [4.78, 5) is 0.254. The van der Waals surface area contributed by atoms with E-state index in [2.05, 4.69) is 15.1 Å². The van der Waals surface area contributed by atoms with E-state index in [1.807, 2.05) is 6.92 Å². The monoisotopic (exact) mass is 318 g/mol. The molecule has 2 heterocycles. The van der Waals surface area contributed by atoms with E-state index < -0.39 is 10.0 Å². The van der Waals surface area contributed by atoms with Crippen LogP contribution in [0.15, 0.2) is 17.3 Å². The molecule has 0 amide bonds. The van der Waals surface area contributed by atoms with Crippen LogP contribution in [0, 0.1) is 0 Å². The van der Waals surface area contributed by atoms with E-state index in [9.17, 15) is 8.42 Å². The van der Waals surface area contributed by atoms with Gasteiger partial charge >= 0.3 is 0 Å². The van der Waals surface area contributed by atoms with Crippen molar-refractivity contribution in [1.29, 1.82) is 0 Å². The molecule has 1 atom stereocenters. The maximum Gasteiger partial charge on any atom is 0.243 e. The molecule has 0 aromatic carbocycles. The van der Waals surface area contributed by atoms with Crippen molar-refractivity contribution in [2.45, 2.75) is 37.2 Å². The van der Waals surface area contributed by atoms with E-state index in [-0.39, 0.29) is 10.9 Å². The van der Waals surface area contributed by atoms with E-state index in [1.54, 1.807) is 22.6 Å². The van der Waals surface area contributed by atoms with Gasteiger partial charge in [-0.3, -0.25) is 4.68 Å². The largest absolute Gasteiger partial charge is 0.315 e. The van der Waals surface area contributed by atoms with Gasteiger partial charge in [0.15, 0.2) is 0 Å². The van der Waals surface area contributed by atoms with Gasteiger partial charge in [0.1, 0.15) is 4.90 Å². The number of nitrogens with zero attached hydrogens (tertiary/aromatic N) is 2. The van der Waals surface area contributed by atoms with Crippen molar-refractivity contribution < 1.29 is 8.42 Å². The summed E-state index contributed by atoms with van der Waals surface area (Å²) in [5.74, 6) is 1.98. The highest BCUT2D eigenvalue weighted by Gasteiger charge is 2.23. The van der Waals surface area contributed by atoms with Crippen molar-refractivity contribution in [3.05, 3.63) is 12.4 Å². The Balaban J connectivity index is 1.94. The second-order valence-electron chi connectivity index (χ2n) is 4.83. The van der Waals surface area contributed by atoms with Crippen LogP contribution in [-0.2, 0) is 16.6 Å². The third-order valence-corrected chi connectivity index (χ3v) is 5.86. The maximum atomic E-state index is 12.3. The van der Waals surface area contributed by atoms with Gasteiger partial charge in [0.05, 0.1) is 12.7 Å². The van der Waals surface area contributed by atoms with Gasteiger partial charge in [0.25, 0.3) is 0 Å². The summed E-state index contributed by atoms with van der Waals surface area (Å²) in [6.45, 7) is 4.38. The number of sulfonamides is 1. The van der Waals surface area contributed by atoms with Crippen molar-refractivity contribution in [2.75, 3.05) is 24.6 Å². The zero-order valence-electron chi connectivity index (χ0n) is 11.7. The molecule has 1 saturated heterocycles. The Labute approximate surface area is 124 Å².